The van der Waals surface area contributed by atoms with E-state index in [0.717, 1.165) is 25.7 Å². The van der Waals surface area contributed by atoms with Crippen LogP contribution in [-0.2, 0) is 0 Å². The molecular weight excluding hydrogens is 288 g/mol. The molecule has 7 heteroatoms. The zero-order chi connectivity index (χ0) is 16.1. The second-order valence-corrected chi connectivity index (χ2v) is 5.03. The summed E-state index contributed by atoms with van der Waals surface area (Å²) in [5.41, 5.74) is -0.597. The van der Waals surface area contributed by atoms with Crippen LogP contribution in [0.2, 0.25) is 0 Å². The van der Waals surface area contributed by atoms with Gasteiger partial charge in [0.2, 0.25) is 5.75 Å². The highest BCUT2D eigenvalue weighted by Crippen LogP contribution is 2.32. The van der Waals surface area contributed by atoms with Gasteiger partial charge in [-0.25, -0.2) is 0 Å². The van der Waals surface area contributed by atoms with Crippen molar-refractivity contribution in [2.45, 2.75) is 32.6 Å². The fourth-order valence-corrected chi connectivity index (χ4v) is 2.21. The first-order chi connectivity index (χ1) is 10.5. The third-order valence-electron chi connectivity index (χ3n) is 3.38. The minimum absolute atomic E-state index is 0.0742. The predicted octanol–water partition coefficient (Wildman–Crippen LogP) is 3.10. The molecule has 1 heterocycles. The van der Waals surface area contributed by atoms with Crippen LogP contribution >= 0.6 is 0 Å². The highest BCUT2D eigenvalue weighted by molar-refractivity contribution is 5.88. The van der Waals surface area contributed by atoms with E-state index in [1.807, 2.05) is 0 Å². The third kappa shape index (κ3) is 3.36. The Labute approximate surface area is 126 Å². The van der Waals surface area contributed by atoms with E-state index in [0.29, 0.717) is 12.0 Å². The summed E-state index contributed by atoms with van der Waals surface area (Å²) in [5.74, 6) is -0.429. The number of non-ortho nitro benzene ring substituents is 1. The molecule has 1 aromatic heterocycles. The first-order valence-electron chi connectivity index (χ1n) is 7.20. The standard InChI is InChI=1S/C15H18N2O5/c1-2-3-4-5-8-22-14-11-7-6-10(17(20)21)9-12(11)16-15(19)13(14)18/h6-7,9,18H,2-5,8H2,1H3,(H,16,19). The number of aromatic amines is 1. The van der Waals surface area contributed by atoms with Crippen molar-refractivity contribution in [1.29, 1.82) is 0 Å². The molecule has 0 saturated carbocycles. The quantitative estimate of drug-likeness (QED) is 0.464. The number of aromatic hydroxyl groups is 1. The van der Waals surface area contributed by atoms with Gasteiger partial charge in [0.15, 0.2) is 5.75 Å². The molecule has 0 fully saturated rings. The number of hydrogen-bond acceptors (Lipinski definition) is 5. The van der Waals surface area contributed by atoms with Crippen LogP contribution in [0, 0.1) is 10.1 Å². The predicted molar refractivity (Wildman–Crippen MR) is 82.5 cm³/mol. The number of benzene rings is 1. The molecule has 0 unspecified atom stereocenters. The van der Waals surface area contributed by atoms with Gasteiger partial charge >= 0.3 is 0 Å². The van der Waals surface area contributed by atoms with Crippen molar-refractivity contribution in [3.05, 3.63) is 38.7 Å². The Morgan fingerprint density at radius 1 is 1.32 bits per heavy atom. The molecule has 0 aliphatic carbocycles. The first kappa shape index (κ1) is 15.8. The van der Waals surface area contributed by atoms with E-state index in [9.17, 15) is 20.0 Å². The highest BCUT2D eigenvalue weighted by atomic mass is 16.6. The van der Waals surface area contributed by atoms with E-state index >= 15 is 0 Å². The van der Waals surface area contributed by atoms with Crippen molar-refractivity contribution in [3.8, 4) is 11.5 Å². The van der Waals surface area contributed by atoms with Gasteiger partial charge in [0.25, 0.3) is 11.2 Å². The van der Waals surface area contributed by atoms with Crippen LogP contribution in [0.15, 0.2) is 23.0 Å². The Kier molecular flexibility index (Phi) is 4.98. The van der Waals surface area contributed by atoms with Gasteiger partial charge in [0.1, 0.15) is 0 Å². The van der Waals surface area contributed by atoms with E-state index < -0.39 is 16.2 Å². The van der Waals surface area contributed by atoms with E-state index in [1.165, 1.54) is 18.2 Å². The molecule has 0 aliphatic rings. The third-order valence-corrected chi connectivity index (χ3v) is 3.38. The lowest BCUT2D eigenvalue weighted by Crippen LogP contribution is -2.09. The number of nitro groups is 1. The number of nitrogens with zero attached hydrogens (tertiary/aromatic N) is 1. The number of ether oxygens (including phenoxy) is 1. The van der Waals surface area contributed by atoms with Crippen molar-refractivity contribution >= 4 is 16.6 Å². The molecular formula is C15H18N2O5. The van der Waals surface area contributed by atoms with Gasteiger partial charge in [-0.3, -0.25) is 14.9 Å². The van der Waals surface area contributed by atoms with Gasteiger partial charge in [-0.1, -0.05) is 26.2 Å². The highest BCUT2D eigenvalue weighted by Gasteiger charge is 2.16. The number of hydrogen-bond donors (Lipinski definition) is 2. The maximum absolute atomic E-state index is 11.7. The molecule has 0 spiro atoms. The maximum Gasteiger partial charge on any atom is 0.294 e. The Bertz CT molecular complexity index is 739. The lowest BCUT2D eigenvalue weighted by molar-refractivity contribution is -0.384. The largest absolute Gasteiger partial charge is 0.500 e. The minimum atomic E-state index is -0.725. The summed E-state index contributed by atoms with van der Waals surface area (Å²) in [6.45, 7) is 2.48. The summed E-state index contributed by atoms with van der Waals surface area (Å²) >= 11 is 0. The SMILES string of the molecule is CCCCCCOc1c(O)c(=O)[nH]c2cc([N+](=O)[O-])ccc12. The first-order valence-corrected chi connectivity index (χ1v) is 7.20. The summed E-state index contributed by atoms with van der Waals surface area (Å²) in [6, 6.07) is 4.02. The average Bonchev–Trinajstić information content (AvgIpc) is 2.49. The Morgan fingerprint density at radius 3 is 2.77 bits per heavy atom. The smallest absolute Gasteiger partial charge is 0.294 e. The lowest BCUT2D eigenvalue weighted by atomic mass is 10.1. The number of rotatable bonds is 7. The molecule has 0 atom stereocenters. The molecule has 2 N–H and O–H groups in total. The summed E-state index contributed by atoms with van der Waals surface area (Å²) < 4.78 is 5.54. The summed E-state index contributed by atoms with van der Waals surface area (Å²) in [5, 5.41) is 21.1. The summed E-state index contributed by atoms with van der Waals surface area (Å²) in [7, 11) is 0. The van der Waals surface area contributed by atoms with Crippen molar-refractivity contribution in [3.63, 3.8) is 0 Å². The molecule has 0 saturated heterocycles. The number of aromatic nitrogens is 1. The second kappa shape index (κ2) is 6.93. The molecule has 0 amide bonds. The molecule has 0 bridgehead atoms. The molecule has 118 valence electrons. The second-order valence-electron chi connectivity index (χ2n) is 5.03. The monoisotopic (exact) mass is 306 g/mol. The maximum atomic E-state index is 11.7. The Balaban J connectivity index is 2.33. The topological polar surface area (TPSA) is 105 Å². The van der Waals surface area contributed by atoms with Crippen molar-refractivity contribution < 1.29 is 14.8 Å². The Hall–Kier alpha value is -2.57. The van der Waals surface area contributed by atoms with Crippen molar-refractivity contribution in [2.75, 3.05) is 6.61 Å². The van der Waals surface area contributed by atoms with Gasteiger partial charge in [0, 0.05) is 17.5 Å². The van der Waals surface area contributed by atoms with Crippen molar-refractivity contribution in [2.24, 2.45) is 0 Å². The zero-order valence-corrected chi connectivity index (χ0v) is 12.3. The van der Waals surface area contributed by atoms with E-state index in [1.54, 1.807) is 0 Å². The van der Waals surface area contributed by atoms with E-state index in [2.05, 4.69) is 11.9 Å². The van der Waals surface area contributed by atoms with Gasteiger partial charge in [-0.05, 0) is 12.5 Å². The van der Waals surface area contributed by atoms with Crippen LogP contribution in [0.25, 0.3) is 10.9 Å². The lowest BCUT2D eigenvalue weighted by Gasteiger charge is -2.10. The van der Waals surface area contributed by atoms with Gasteiger partial charge in [-0.15, -0.1) is 0 Å². The molecule has 2 aromatic rings. The van der Waals surface area contributed by atoms with Crippen LogP contribution < -0.4 is 10.3 Å². The minimum Gasteiger partial charge on any atom is -0.500 e. The average molecular weight is 306 g/mol. The van der Waals surface area contributed by atoms with Crippen LogP contribution in [0.5, 0.6) is 11.5 Å². The number of H-pyrrole nitrogens is 1. The fraction of sp³-hybridized carbons (Fsp3) is 0.400. The van der Waals surface area contributed by atoms with Crippen molar-refractivity contribution in [1.82, 2.24) is 4.98 Å². The summed E-state index contributed by atoms with van der Waals surface area (Å²) in [4.78, 5) is 24.4. The Morgan fingerprint density at radius 2 is 2.09 bits per heavy atom. The molecule has 0 radical (unpaired) electrons. The van der Waals surface area contributed by atoms with Crippen LogP contribution in [0.4, 0.5) is 5.69 Å². The molecule has 22 heavy (non-hydrogen) atoms. The molecule has 2 rings (SSSR count). The number of nitro benzene ring substituents is 1. The summed E-state index contributed by atoms with van der Waals surface area (Å²) in [6.07, 6.45) is 4.01. The van der Waals surface area contributed by atoms with Crippen LogP contribution in [-0.4, -0.2) is 21.6 Å². The number of pyridine rings is 1. The van der Waals surface area contributed by atoms with Crippen LogP contribution in [0.3, 0.4) is 0 Å². The number of unbranched alkanes of at least 4 members (excludes halogenated alkanes) is 3. The van der Waals surface area contributed by atoms with E-state index in [4.69, 9.17) is 4.74 Å². The molecule has 0 aliphatic heterocycles. The number of fused-ring (bicyclic) bond motifs is 1. The van der Waals surface area contributed by atoms with Gasteiger partial charge in [0.05, 0.1) is 17.0 Å². The van der Waals surface area contributed by atoms with Gasteiger partial charge < -0.3 is 14.8 Å². The van der Waals surface area contributed by atoms with Gasteiger partial charge in [-0.2, -0.15) is 0 Å². The molecule has 1 aromatic carbocycles. The van der Waals surface area contributed by atoms with E-state index in [-0.39, 0.29) is 17.0 Å². The zero-order valence-electron chi connectivity index (χ0n) is 12.3. The van der Waals surface area contributed by atoms with Crippen LogP contribution in [0.1, 0.15) is 32.6 Å². The molecule has 7 nitrogen and oxygen atoms in total. The fourth-order valence-electron chi connectivity index (χ4n) is 2.21. The number of nitrogens with one attached hydrogen (secondary N) is 1. The normalized spacial score (nSPS) is 10.8.